The fourth-order valence-corrected chi connectivity index (χ4v) is 3.53. The van der Waals surface area contributed by atoms with Crippen LogP contribution in [0, 0.1) is 11.6 Å². The van der Waals surface area contributed by atoms with Crippen molar-refractivity contribution in [3.63, 3.8) is 0 Å². The fourth-order valence-electron chi connectivity index (χ4n) is 2.79. The number of rotatable bonds is 7. The largest absolute Gasteiger partial charge is 0.461 e. The predicted molar refractivity (Wildman–Crippen MR) is 109 cm³/mol. The molecule has 2 heterocycles. The van der Waals surface area contributed by atoms with Gasteiger partial charge >= 0.3 is 0 Å². The highest BCUT2D eigenvalue weighted by atomic mass is 32.2. The van der Waals surface area contributed by atoms with E-state index in [-0.39, 0.29) is 17.3 Å². The number of anilines is 1. The van der Waals surface area contributed by atoms with Crippen LogP contribution in [0.1, 0.15) is 5.56 Å². The second-order valence-electron chi connectivity index (χ2n) is 6.32. The van der Waals surface area contributed by atoms with E-state index in [2.05, 4.69) is 15.5 Å². The summed E-state index contributed by atoms with van der Waals surface area (Å²) < 4.78 is 33.7. The number of nitrogens with one attached hydrogen (secondary N) is 1. The maximum Gasteiger partial charge on any atom is 0.234 e. The third-order valence-electron chi connectivity index (χ3n) is 4.18. The van der Waals surface area contributed by atoms with Crippen molar-refractivity contribution in [2.45, 2.75) is 11.7 Å². The van der Waals surface area contributed by atoms with E-state index in [0.717, 1.165) is 17.7 Å². The summed E-state index contributed by atoms with van der Waals surface area (Å²) >= 11 is 1.19. The molecule has 4 aromatic rings. The molecule has 0 radical (unpaired) electrons. The Kier molecular flexibility index (Phi) is 5.89. The molecular weight excluding hydrogens is 410 g/mol. The van der Waals surface area contributed by atoms with Crippen LogP contribution in [0.2, 0.25) is 0 Å². The Morgan fingerprint density at radius 2 is 1.87 bits per heavy atom. The van der Waals surface area contributed by atoms with Gasteiger partial charge in [0.1, 0.15) is 0 Å². The van der Waals surface area contributed by atoms with Gasteiger partial charge in [-0.3, -0.25) is 9.36 Å². The van der Waals surface area contributed by atoms with E-state index in [1.807, 2.05) is 34.9 Å². The van der Waals surface area contributed by atoms with Crippen LogP contribution in [-0.4, -0.2) is 26.4 Å². The molecule has 0 bridgehead atoms. The average molecular weight is 426 g/mol. The first-order valence-corrected chi connectivity index (χ1v) is 9.97. The van der Waals surface area contributed by atoms with Crippen molar-refractivity contribution < 1.29 is 18.0 Å². The predicted octanol–water partition coefficient (Wildman–Crippen LogP) is 4.60. The minimum atomic E-state index is -1.02. The second kappa shape index (κ2) is 8.91. The highest BCUT2D eigenvalue weighted by molar-refractivity contribution is 7.99. The lowest BCUT2D eigenvalue weighted by Gasteiger charge is -2.10. The smallest absolute Gasteiger partial charge is 0.234 e. The molecule has 1 amide bonds. The van der Waals surface area contributed by atoms with Crippen molar-refractivity contribution in [3.05, 3.63) is 84.1 Å². The van der Waals surface area contributed by atoms with Crippen molar-refractivity contribution in [2.24, 2.45) is 0 Å². The number of amides is 1. The number of furan rings is 1. The lowest BCUT2D eigenvalue weighted by atomic mass is 10.2. The Morgan fingerprint density at radius 1 is 1.03 bits per heavy atom. The van der Waals surface area contributed by atoms with Gasteiger partial charge in [0.25, 0.3) is 0 Å². The average Bonchev–Trinajstić information content (AvgIpc) is 3.40. The minimum Gasteiger partial charge on any atom is -0.461 e. The lowest BCUT2D eigenvalue weighted by molar-refractivity contribution is -0.113. The maximum atomic E-state index is 13.3. The normalized spacial score (nSPS) is 10.9. The third kappa shape index (κ3) is 4.57. The molecule has 0 aliphatic carbocycles. The van der Waals surface area contributed by atoms with Crippen LogP contribution < -0.4 is 5.32 Å². The summed E-state index contributed by atoms with van der Waals surface area (Å²) in [7, 11) is 0. The van der Waals surface area contributed by atoms with Gasteiger partial charge in [0, 0.05) is 11.8 Å². The second-order valence-corrected chi connectivity index (χ2v) is 7.26. The molecule has 1 N–H and O–H groups in total. The monoisotopic (exact) mass is 426 g/mol. The molecule has 6 nitrogen and oxygen atoms in total. The van der Waals surface area contributed by atoms with Gasteiger partial charge in [0.2, 0.25) is 11.7 Å². The Balaban J connectivity index is 1.50. The Labute approximate surface area is 174 Å². The highest BCUT2D eigenvalue weighted by Crippen LogP contribution is 2.25. The molecule has 9 heteroatoms. The molecule has 152 valence electrons. The van der Waals surface area contributed by atoms with E-state index < -0.39 is 11.6 Å². The quantitative estimate of drug-likeness (QED) is 0.438. The fraction of sp³-hybridized carbons (Fsp3) is 0.0952. The molecular formula is C21H16F2N4O2S. The van der Waals surface area contributed by atoms with E-state index in [4.69, 9.17) is 4.42 Å². The van der Waals surface area contributed by atoms with Crippen LogP contribution in [-0.2, 0) is 11.3 Å². The molecule has 0 atom stereocenters. The van der Waals surface area contributed by atoms with E-state index in [9.17, 15) is 13.6 Å². The van der Waals surface area contributed by atoms with Crippen LogP contribution >= 0.6 is 11.8 Å². The Hall–Kier alpha value is -3.46. The Bertz CT molecular complexity index is 1150. The van der Waals surface area contributed by atoms with Crippen LogP contribution in [0.15, 0.2) is 76.5 Å². The van der Waals surface area contributed by atoms with Crippen LogP contribution in [0.4, 0.5) is 14.5 Å². The van der Waals surface area contributed by atoms with Gasteiger partial charge in [-0.05, 0) is 29.8 Å². The summed E-state index contributed by atoms with van der Waals surface area (Å²) in [4.78, 5) is 12.3. The van der Waals surface area contributed by atoms with Gasteiger partial charge in [-0.2, -0.15) is 0 Å². The van der Waals surface area contributed by atoms with Crippen molar-refractivity contribution in [2.75, 3.05) is 11.1 Å². The van der Waals surface area contributed by atoms with Crippen LogP contribution in [0.5, 0.6) is 0 Å². The SMILES string of the molecule is O=C(CSc1nnc(-c2ccco2)n1Cc1ccccc1)Nc1ccc(F)c(F)c1. The van der Waals surface area contributed by atoms with E-state index in [1.165, 1.54) is 17.8 Å². The van der Waals surface area contributed by atoms with Gasteiger partial charge in [-0.1, -0.05) is 42.1 Å². The zero-order valence-corrected chi connectivity index (χ0v) is 16.4. The first-order chi connectivity index (χ1) is 14.6. The van der Waals surface area contributed by atoms with E-state index in [0.29, 0.717) is 23.3 Å². The Morgan fingerprint density at radius 3 is 2.60 bits per heavy atom. The van der Waals surface area contributed by atoms with Crippen LogP contribution in [0.25, 0.3) is 11.6 Å². The standard InChI is InChI=1S/C21H16F2N4O2S/c22-16-9-8-15(11-17(16)23)24-19(28)13-30-21-26-25-20(18-7-4-10-29-18)27(21)12-14-5-2-1-3-6-14/h1-11H,12-13H2,(H,24,28). The topological polar surface area (TPSA) is 73.0 Å². The molecule has 0 unspecified atom stereocenters. The molecule has 2 aromatic heterocycles. The van der Waals surface area contributed by atoms with Gasteiger partial charge < -0.3 is 9.73 Å². The highest BCUT2D eigenvalue weighted by Gasteiger charge is 2.18. The van der Waals surface area contributed by atoms with Crippen molar-refractivity contribution in [1.82, 2.24) is 14.8 Å². The number of carbonyl (C=O) groups excluding carboxylic acids is 1. The van der Waals surface area contributed by atoms with Gasteiger partial charge in [-0.25, -0.2) is 8.78 Å². The summed E-state index contributed by atoms with van der Waals surface area (Å²) in [6.07, 6.45) is 1.55. The zero-order chi connectivity index (χ0) is 20.9. The third-order valence-corrected chi connectivity index (χ3v) is 5.14. The zero-order valence-electron chi connectivity index (χ0n) is 15.6. The van der Waals surface area contributed by atoms with E-state index >= 15 is 0 Å². The summed E-state index contributed by atoms with van der Waals surface area (Å²) in [5.41, 5.74) is 1.22. The first-order valence-electron chi connectivity index (χ1n) is 8.99. The summed E-state index contributed by atoms with van der Waals surface area (Å²) in [6, 6.07) is 16.5. The number of aromatic nitrogens is 3. The van der Waals surface area contributed by atoms with Crippen molar-refractivity contribution in [3.8, 4) is 11.6 Å². The maximum absolute atomic E-state index is 13.3. The molecule has 0 aliphatic rings. The summed E-state index contributed by atoms with van der Waals surface area (Å²) in [5, 5.41) is 11.5. The van der Waals surface area contributed by atoms with Gasteiger partial charge in [-0.15, -0.1) is 10.2 Å². The minimum absolute atomic E-state index is 0.0179. The number of benzene rings is 2. The lowest BCUT2D eigenvalue weighted by Crippen LogP contribution is -2.15. The number of thioether (sulfide) groups is 1. The molecule has 2 aromatic carbocycles. The van der Waals surface area contributed by atoms with Gasteiger partial charge in [0.15, 0.2) is 22.6 Å². The molecule has 0 saturated carbocycles. The number of halogens is 2. The number of hydrogen-bond donors (Lipinski definition) is 1. The molecule has 0 saturated heterocycles. The van der Waals surface area contributed by atoms with E-state index in [1.54, 1.807) is 18.4 Å². The summed E-state index contributed by atoms with van der Waals surface area (Å²) in [5.74, 6) is -1.24. The molecule has 0 spiro atoms. The van der Waals surface area contributed by atoms with Crippen molar-refractivity contribution >= 4 is 23.4 Å². The number of hydrogen-bond acceptors (Lipinski definition) is 5. The van der Waals surface area contributed by atoms with Crippen molar-refractivity contribution in [1.29, 1.82) is 0 Å². The molecule has 30 heavy (non-hydrogen) atoms. The molecule has 4 rings (SSSR count). The van der Waals surface area contributed by atoms with Crippen LogP contribution in [0.3, 0.4) is 0 Å². The molecule has 0 aliphatic heterocycles. The summed E-state index contributed by atoms with van der Waals surface area (Å²) in [6.45, 7) is 0.497. The van der Waals surface area contributed by atoms with Gasteiger partial charge in [0.05, 0.1) is 18.6 Å². The molecule has 0 fully saturated rings. The first kappa shape index (κ1) is 19.8. The number of carbonyl (C=O) groups is 1. The number of nitrogens with zero attached hydrogens (tertiary/aromatic N) is 3.